The van der Waals surface area contributed by atoms with Gasteiger partial charge in [-0.2, -0.15) is 0 Å². The Hall–Kier alpha value is -2.14. The second kappa shape index (κ2) is 14.0. The molecule has 0 aromatic heterocycles. The lowest BCUT2D eigenvalue weighted by Gasteiger charge is -2.18. The summed E-state index contributed by atoms with van der Waals surface area (Å²) in [5, 5.41) is 4.19. The van der Waals surface area contributed by atoms with Crippen LogP contribution in [0.15, 0.2) is 114 Å². The molecule has 3 aromatic rings. The van der Waals surface area contributed by atoms with Gasteiger partial charge in [-0.15, -0.1) is 11.6 Å². The third kappa shape index (κ3) is 8.70. The van der Waals surface area contributed by atoms with Gasteiger partial charge in [0.2, 0.25) is 0 Å². The fourth-order valence-corrected chi connectivity index (χ4v) is 5.57. The first-order valence-electron chi connectivity index (χ1n) is 10.4. The Morgan fingerprint density at radius 3 is 1.40 bits per heavy atom. The van der Waals surface area contributed by atoms with Gasteiger partial charge in [0.25, 0.3) is 0 Å². The zero-order valence-electron chi connectivity index (χ0n) is 18.3. The molecule has 0 spiro atoms. The van der Waals surface area contributed by atoms with Crippen molar-refractivity contribution in [1.29, 1.82) is 0 Å². The summed E-state index contributed by atoms with van der Waals surface area (Å²) in [6, 6.07) is 32.3. The first kappa shape index (κ1) is 24.1. The SMILES string of the molecule is CC(C)=CCC/C(C)=C/CCl.c1ccc(P(c2ccccc2)c2ccccc2)cc1. The quantitative estimate of drug-likeness (QED) is 0.207. The summed E-state index contributed by atoms with van der Waals surface area (Å²) in [6.45, 7) is 6.38. The van der Waals surface area contributed by atoms with Crippen LogP contribution >= 0.6 is 19.5 Å². The van der Waals surface area contributed by atoms with Crippen molar-refractivity contribution in [3.8, 4) is 0 Å². The molecule has 0 atom stereocenters. The van der Waals surface area contributed by atoms with E-state index in [4.69, 9.17) is 11.6 Å². The van der Waals surface area contributed by atoms with E-state index in [1.165, 1.54) is 27.1 Å². The Bertz CT molecular complexity index is 801. The molecule has 0 amide bonds. The Morgan fingerprint density at radius 1 is 0.667 bits per heavy atom. The van der Waals surface area contributed by atoms with E-state index in [0.29, 0.717) is 5.88 Å². The van der Waals surface area contributed by atoms with Crippen LogP contribution in [0.25, 0.3) is 0 Å². The molecule has 156 valence electrons. The molecule has 0 nitrogen and oxygen atoms in total. The monoisotopic (exact) mass is 434 g/mol. The van der Waals surface area contributed by atoms with Crippen LogP contribution in [-0.4, -0.2) is 5.88 Å². The average molecular weight is 435 g/mol. The number of benzene rings is 3. The number of halogens is 1. The lowest BCUT2D eigenvalue weighted by Crippen LogP contribution is -2.20. The number of allylic oxidation sites excluding steroid dienone is 4. The third-order valence-electron chi connectivity index (χ3n) is 4.56. The van der Waals surface area contributed by atoms with E-state index in [0.717, 1.165) is 12.8 Å². The van der Waals surface area contributed by atoms with Crippen LogP contribution in [0.4, 0.5) is 0 Å². The maximum absolute atomic E-state index is 5.55. The van der Waals surface area contributed by atoms with Crippen LogP contribution < -0.4 is 15.9 Å². The van der Waals surface area contributed by atoms with Crippen molar-refractivity contribution < 1.29 is 0 Å². The fourth-order valence-electron chi connectivity index (χ4n) is 3.00. The largest absolute Gasteiger partial charge is 0.122 e. The van der Waals surface area contributed by atoms with Gasteiger partial charge >= 0.3 is 0 Å². The van der Waals surface area contributed by atoms with Crippen LogP contribution in [0.3, 0.4) is 0 Å². The Balaban J connectivity index is 0.000000252. The molecule has 0 saturated carbocycles. The van der Waals surface area contributed by atoms with Crippen molar-refractivity contribution >= 4 is 35.4 Å². The van der Waals surface area contributed by atoms with Crippen molar-refractivity contribution in [2.45, 2.75) is 33.6 Å². The first-order valence-corrected chi connectivity index (χ1v) is 12.3. The molecule has 0 aliphatic heterocycles. The molecule has 3 aromatic carbocycles. The minimum atomic E-state index is -0.446. The maximum atomic E-state index is 5.55. The highest BCUT2D eigenvalue weighted by atomic mass is 35.5. The molecule has 30 heavy (non-hydrogen) atoms. The van der Waals surface area contributed by atoms with Gasteiger partial charge in [0.1, 0.15) is 0 Å². The average Bonchev–Trinajstić information content (AvgIpc) is 2.77. The minimum absolute atomic E-state index is 0.446. The normalized spacial score (nSPS) is 10.9. The molecular weight excluding hydrogens is 403 g/mol. The molecule has 0 aliphatic carbocycles. The van der Waals surface area contributed by atoms with Gasteiger partial charge in [-0.25, -0.2) is 0 Å². The van der Waals surface area contributed by atoms with E-state index in [1.807, 2.05) is 0 Å². The van der Waals surface area contributed by atoms with E-state index in [1.54, 1.807) is 0 Å². The molecule has 0 saturated heterocycles. The van der Waals surface area contributed by atoms with Crippen LogP contribution in [0, 0.1) is 0 Å². The van der Waals surface area contributed by atoms with Gasteiger partial charge in [0.05, 0.1) is 0 Å². The minimum Gasteiger partial charge on any atom is -0.122 e. The maximum Gasteiger partial charge on any atom is 0.0406 e. The van der Waals surface area contributed by atoms with Gasteiger partial charge in [-0.3, -0.25) is 0 Å². The Labute approximate surface area is 189 Å². The molecule has 0 radical (unpaired) electrons. The number of hydrogen-bond donors (Lipinski definition) is 0. The summed E-state index contributed by atoms with van der Waals surface area (Å²) in [6.07, 6.45) is 6.60. The van der Waals surface area contributed by atoms with Crippen LogP contribution in [0.2, 0.25) is 0 Å². The molecule has 3 rings (SSSR count). The van der Waals surface area contributed by atoms with Crippen molar-refractivity contribution in [3.05, 3.63) is 114 Å². The van der Waals surface area contributed by atoms with Crippen LogP contribution in [0.5, 0.6) is 0 Å². The third-order valence-corrected chi connectivity index (χ3v) is 7.16. The highest BCUT2D eigenvalue weighted by Crippen LogP contribution is 2.32. The number of rotatable bonds is 7. The summed E-state index contributed by atoms with van der Waals surface area (Å²) in [5.74, 6) is 0.640. The van der Waals surface area contributed by atoms with Gasteiger partial charge in [0, 0.05) is 5.88 Å². The Kier molecular flexibility index (Phi) is 11.2. The predicted octanol–water partition coefficient (Wildman–Crippen LogP) is 7.36. The van der Waals surface area contributed by atoms with E-state index in [9.17, 15) is 0 Å². The summed E-state index contributed by atoms with van der Waals surface area (Å²) in [7, 11) is -0.446. The second-order valence-corrected chi connectivity index (χ2v) is 9.90. The first-order chi connectivity index (χ1) is 14.6. The molecule has 2 heteroatoms. The highest BCUT2D eigenvalue weighted by Gasteiger charge is 2.14. The van der Waals surface area contributed by atoms with E-state index < -0.39 is 7.92 Å². The second-order valence-electron chi connectivity index (χ2n) is 7.37. The van der Waals surface area contributed by atoms with Gasteiger partial charge in [0.15, 0.2) is 0 Å². The smallest absolute Gasteiger partial charge is 0.0406 e. The van der Waals surface area contributed by atoms with Gasteiger partial charge < -0.3 is 0 Å². The lowest BCUT2D eigenvalue weighted by molar-refractivity contribution is 0.964. The summed E-state index contributed by atoms with van der Waals surface area (Å²) < 4.78 is 0. The van der Waals surface area contributed by atoms with Crippen LogP contribution in [0.1, 0.15) is 33.6 Å². The van der Waals surface area contributed by atoms with Crippen molar-refractivity contribution in [1.82, 2.24) is 0 Å². The predicted molar refractivity (Wildman–Crippen MR) is 138 cm³/mol. The van der Waals surface area contributed by atoms with Crippen molar-refractivity contribution in [2.75, 3.05) is 5.88 Å². The standard InChI is InChI=1S/C18H15P.C10H17Cl/c1-4-10-16(11-5-1)19(17-12-6-2-7-13-17)18-14-8-3-9-15-18;1-9(2)5-4-6-10(3)7-8-11/h1-15H;5,7H,4,6,8H2,1-3H3/b;10-7+. The summed E-state index contributed by atoms with van der Waals surface area (Å²) in [4.78, 5) is 0. The Morgan fingerprint density at radius 2 is 1.07 bits per heavy atom. The van der Waals surface area contributed by atoms with Crippen LogP contribution in [-0.2, 0) is 0 Å². The van der Waals surface area contributed by atoms with E-state index in [-0.39, 0.29) is 0 Å². The van der Waals surface area contributed by atoms with Crippen molar-refractivity contribution in [2.24, 2.45) is 0 Å². The molecule has 0 unspecified atom stereocenters. The molecule has 0 aliphatic rings. The number of hydrogen-bond acceptors (Lipinski definition) is 0. The van der Waals surface area contributed by atoms with Crippen molar-refractivity contribution in [3.63, 3.8) is 0 Å². The van der Waals surface area contributed by atoms with E-state index in [2.05, 4.69) is 124 Å². The lowest BCUT2D eigenvalue weighted by atomic mass is 10.1. The molecular formula is C28H32ClP. The zero-order valence-corrected chi connectivity index (χ0v) is 19.9. The summed E-state index contributed by atoms with van der Waals surface area (Å²) >= 11 is 5.55. The molecule has 0 N–H and O–H groups in total. The topological polar surface area (TPSA) is 0 Å². The number of alkyl halides is 1. The van der Waals surface area contributed by atoms with Gasteiger partial charge in [-0.1, -0.05) is 114 Å². The van der Waals surface area contributed by atoms with E-state index >= 15 is 0 Å². The fraction of sp³-hybridized carbons (Fsp3) is 0.214. The van der Waals surface area contributed by atoms with Gasteiger partial charge in [-0.05, 0) is 57.4 Å². The zero-order chi connectivity index (χ0) is 21.6. The molecule has 0 heterocycles. The molecule has 0 fully saturated rings. The molecule has 0 bridgehead atoms. The highest BCUT2D eigenvalue weighted by molar-refractivity contribution is 7.79. The summed E-state index contributed by atoms with van der Waals surface area (Å²) in [5.41, 5.74) is 2.78.